The van der Waals surface area contributed by atoms with Gasteiger partial charge in [-0.1, -0.05) is 0 Å². The van der Waals surface area contributed by atoms with E-state index in [1.807, 2.05) is 6.92 Å². The molecule has 0 aliphatic heterocycles. The van der Waals surface area contributed by atoms with Crippen LogP contribution >= 0.6 is 0 Å². The van der Waals surface area contributed by atoms with E-state index in [1.54, 1.807) is 0 Å². The Hall–Kier alpha value is 0.0569. The molecule has 1 atom stereocenters. The van der Waals surface area contributed by atoms with Gasteiger partial charge in [-0.05, 0) is 46.3 Å². The zero-order valence-electron chi connectivity index (χ0n) is 11.2. The molecule has 0 aromatic rings. The second kappa shape index (κ2) is 9.12. The first-order valence-corrected chi connectivity index (χ1v) is 9.06. The maximum absolute atomic E-state index is 5.95. The van der Waals surface area contributed by atoms with Crippen LogP contribution in [0.4, 0.5) is 0 Å². The zero-order valence-corrected chi connectivity index (χ0v) is 12.2. The van der Waals surface area contributed by atoms with Gasteiger partial charge in [0.05, 0.1) is 0 Å². The monoisotopic (exact) mass is 248 g/mol. The van der Waals surface area contributed by atoms with Gasteiger partial charge < -0.3 is 19.9 Å². The first kappa shape index (κ1) is 16.1. The molecule has 98 valence electrons. The quantitative estimate of drug-likeness (QED) is 0.454. The molecule has 0 saturated carbocycles. The van der Waals surface area contributed by atoms with Gasteiger partial charge in [0, 0.05) is 25.8 Å². The number of hydrogen-bond donors (Lipinski definition) is 2. The second-order valence-corrected chi connectivity index (χ2v) is 7.77. The normalized spacial score (nSPS) is 14.1. The van der Waals surface area contributed by atoms with Gasteiger partial charge in [-0.25, -0.2) is 0 Å². The molecule has 0 amide bonds. The van der Waals surface area contributed by atoms with Crippen molar-refractivity contribution in [2.75, 3.05) is 26.2 Å². The van der Waals surface area contributed by atoms with Crippen molar-refractivity contribution in [1.29, 1.82) is 0 Å². The molecule has 4 nitrogen and oxygen atoms in total. The predicted octanol–water partition coefficient (Wildman–Crippen LogP) is 1.46. The molecule has 0 fully saturated rings. The fourth-order valence-corrected chi connectivity index (χ4v) is 3.52. The molecule has 0 spiro atoms. The molecule has 0 radical (unpaired) electrons. The molecular formula is C11H28N2O2Si. The minimum absolute atomic E-state index is 0.285. The number of hydrogen-bond acceptors (Lipinski definition) is 4. The van der Waals surface area contributed by atoms with Crippen LogP contribution in [0.3, 0.4) is 0 Å². The summed E-state index contributed by atoms with van der Waals surface area (Å²) < 4.78 is 11.6. The lowest BCUT2D eigenvalue weighted by Crippen LogP contribution is -2.38. The smallest absolute Gasteiger partial charge is 0.331 e. The van der Waals surface area contributed by atoms with E-state index >= 15 is 0 Å². The third kappa shape index (κ3) is 9.29. The van der Waals surface area contributed by atoms with Crippen molar-refractivity contribution in [1.82, 2.24) is 5.32 Å². The van der Waals surface area contributed by atoms with E-state index < -0.39 is 8.56 Å². The SMILES string of the molecule is CCO[Si](C)(C)OC(C)CCCNCCN. The molecular weight excluding hydrogens is 220 g/mol. The van der Waals surface area contributed by atoms with Crippen molar-refractivity contribution in [3.63, 3.8) is 0 Å². The summed E-state index contributed by atoms with van der Waals surface area (Å²) >= 11 is 0. The maximum Gasteiger partial charge on any atom is 0.331 e. The van der Waals surface area contributed by atoms with E-state index in [-0.39, 0.29) is 6.10 Å². The van der Waals surface area contributed by atoms with E-state index in [4.69, 9.17) is 14.6 Å². The van der Waals surface area contributed by atoms with E-state index in [2.05, 4.69) is 25.3 Å². The van der Waals surface area contributed by atoms with E-state index in [9.17, 15) is 0 Å². The number of nitrogens with one attached hydrogen (secondary N) is 1. The molecule has 0 aliphatic carbocycles. The Bertz CT molecular complexity index is 168. The van der Waals surface area contributed by atoms with Gasteiger partial charge in [0.15, 0.2) is 0 Å². The predicted molar refractivity (Wildman–Crippen MR) is 70.8 cm³/mol. The molecule has 0 aliphatic rings. The van der Waals surface area contributed by atoms with Crippen molar-refractivity contribution in [3.05, 3.63) is 0 Å². The van der Waals surface area contributed by atoms with Gasteiger partial charge in [-0.15, -0.1) is 0 Å². The fourth-order valence-electron chi connectivity index (χ4n) is 1.67. The van der Waals surface area contributed by atoms with Crippen LogP contribution < -0.4 is 11.1 Å². The van der Waals surface area contributed by atoms with Gasteiger partial charge >= 0.3 is 8.56 Å². The molecule has 0 aromatic heterocycles. The Labute approximate surface area is 101 Å². The standard InChI is InChI=1S/C11H28N2O2Si/c1-5-14-16(3,4)15-11(2)7-6-9-13-10-8-12/h11,13H,5-10,12H2,1-4H3. The molecule has 3 N–H and O–H groups in total. The maximum atomic E-state index is 5.95. The van der Waals surface area contributed by atoms with Crippen LogP contribution in [0.1, 0.15) is 26.7 Å². The molecule has 0 rings (SSSR count). The minimum Gasteiger partial charge on any atom is -0.395 e. The largest absolute Gasteiger partial charge is 0.395 e. The Kier molecular flexibility index (Phi) is 9.16. The van der Waals surface area contributed by atoms with Crippen LogP contribution in [0, 0.1) is 0 Å². The van der Waals surface area contributed by atoms with E-state index in [0.717, 1.165) is 32.5 Å². The Morgan fingerprint density at radius 1 is 1.31 bits per heavy atom. The summed E-state index contributed by atoms with van der Waals surface area (Å²) in [4.78, 5) is 0. The Balaban J connectivity index is 3.53. The van der Waals surface area contributed by atoms with Crippen LogP contribution in [0.25, 0.3) is 0 Å². The van der Waals surface area contributed by atoms with Gasteiger partial charge in [-0.2, -0.15) is 0 Å². The summed E-state index contributed by atoms with van der Waals surface area (Å²) in [5, 5.41) is 3.28. The lowest BCUT2D eigenvalue weighted by atomic mass is 10.2. The zero-order chi connectivity index (χ0) is 12.4. The van der Waals surface area contributed by atoms with Crippen LogP contribution in [0.15, 0.2) is 0 Å². The highest BCUT2D eigenvalue weighted by atomic mass is 28.4. The van der Waals surface area contributed by atoms with Gasteiger partial charge in [0.1, 0.15) is 0 Å². The third-order valence-electron chi connectivity index (χ3n) is 2.26. The summed E-state index contributed by atoms with van der Waals surface area (Å²) in [5.74, 6) is 0. The molecule has 1 unspecified atom stereocenters. The van der Waals surface area contributed by atoms with E-state index in [1.165, 1.54) is 0 Å². The first-order valence-electron chi connectivity index (χ1n) is 6.24. The summed E-state index contributed by atoms with van der Waals surface area (Å²) in [5.41, 5.74) is 5.39. The topological polar surface area (TPSA) is 56.5 Å². The van der Waals surface area contributed by atoms with Crippen molar-refractivity contribution in [2.24, 2.45) is 5.73 Å². The van der Waals surface area contributed by atoms with Crippen LogP contribution in [-0.2, 0) is 8.85 Å². The van der Waals surface area contributed by atoms with Crippen LogP contribution in [-0.4, -0.2) is 40.9 Å². The third-order valence-corrected chi connectivity index (χ3v) is 4.22. The highest BCUT2D eigenvalue weighted by molar-refractivity contribution is 6.64. The summed E-state index contributed by atoms with van der Waals surface area (Å²) in [6.07, 6.45) is 2.48. The van der Waals surface area contributed by atoms with Crippen molar-refractivity contribution >= 4 is 8.56 Å². The second-order valence-electron chi connectivity index (χ2n) is 4.44. The van der Waals surface area contributed by atoms with Gasteiger partial charge in [-0.3, -0.25) is 0 Å². The fraction of sp³-hybridized carbons (Fsp3) is 1.00. The number of nitrogens with two attached hydrogens (primary N) is 1. The minimum atomic E-state index is -1.88. The first-order chi connectivity index (χ1) is 7.52. The molecule has 0 heterocycles. The highest BCUT2D eigenvalue weighted by Crippen LogP contribution is 2.12. The molecule has 5 heteroatoms. The van der Waals surface area contributed by atoms with Crippen molar-refractivity contribution in [2.45, 2.75) is 45.9 Å². The van der Waals surface area contributed by atoms with Crippen molar-refractivity contribution in [3.8, 4) is 0 Å². The summed E-state index contributed by atoms with van der Waals surface area (Å²) in [7, 11) is -1.88. The lowest BCUT2D eigenvalue weighted by Gasteiger charge is -2.26. The van der Waals surface area contributed by atoms with E-state index in [0.29, 0.717) is 6.54 Å². The Morgan fingerprint density at radius 2 is 2.00 bits per heavy atom. The van der Waals surface area contributed by atoms with Crippen LogP contribution in [0.5, 0.6) is 0 Å². The molecule has 0 bridgehead atoms. The van der Waals surface area contributed by atoms with Crippen LogP contribution in [0.2, 0.25) is 13.1 Å². The van der Waals surface area contributed by atoms with Gasteiger partial charge in [0.2, 0.25) is 0 Å². The molecule has 0 aromatic carbocycles. The van der Waals surface area contributed by atoms with Gasteiger partial charge in [0.25, 0.3) is 0 Å². The lowest BCUT2D eigenvalue weighted by molar-refractivity contribution is 0.128. The summed E-state index contributed by atoms with van der Waals surface area (Å²) in [6, 6.07) is 0. The highest BCUT2D eigenvalue weighted by Gasteiger charge is 2.26. The van der Waals surface area contributed by atoms with Crippen molar-refractivity contribution < 1.29 is 8.85 Å². The Morgan fingerprint density at radius 3 is 2.56 bits per heavy atom. The average molecular weight is 248 g/mol. The molecule has 16 heavy (non-hydrogen) atoms. The summed E-state index contributed by atoms with van der Waals surface area (Å²) in [6.45, 7) is 11.7. The number of rotatable bonds is 10. The average Bonchev–Trinajstić information content (AvgIpc) is 2.16. The molecule has 0 saturated heterocycles.